The summed E-state index contributed by atoms with van der Waals surface area (Å²) in [5.74, 6) is -9.20. The molecule has 0 radical (unpaired) electrons. The Morgan fingerprint density at radius 1 is 0.917 bits per heavy atom. The largest absolute Gasteiger partial charge is 0.477 e. The number of amides is 1. The highest BCUT2D eigenvalue weighted by Crippen LogP contribution is 2.46. The lowest BCUT2D eigenvalue weighted by atomic mass is 9.87. The van der Waals surface area contributed by atoms with E-state index in [4.69, 9.17) is 42.3 Å². The summed E-state index contributed by atoms with van der Waals surface area (Å²) in [4.78, 5) is 75.7. The van der Waals surface area contributed by atoms with Gasteiger partial charge in [0, 0.05) is 34.6 Å². The lowest BCUT2D eigenvalue weighted by molar-refractivity contribution is -0.365. The van der Waals surface area contributed by atoms with Crippen molar-refractivity contribution in [2.45, 2.75) is 160 Å². The van der Waals surface area contributed by atoms with Crippen molar-refractivity contribution in [1.82, 2.24) is 5.32 Å². The number of ether oxygens (including phenoxy) is 8. The van der Waals surface area contributed by atoms with Crippen molar-refractivity contribution in [3.05, 3.63) is 35.9 Å². The fourth-order valence-corrected chi connectivity index (χ4v) is 9.34. The van der Waals surface area contributed by atoms with Crippen molar-refractivity contribution in [3.63, 3.8) is 0 Å². The maximum atomic E-state index is 13.6. The molecule has 2 aliphatic rings. The van der Waals surface area contributed by atoms with Crippen LogP contribution in [0, 0.1) is 5.92 Å². The fraction of sp³-hybridized carbons (Fsp3) is 0.700. The molecule has 19 nitrogen and oxygen atoms in total. The molecule has 2 fully saturated rings. The third kappa shape index (κ3) is 13.0. The van der Waals surface area contributed by atoms with Crippen molar-refractivity contribution < 1.29 is 86.4 Å². The van der Waals surface area contributed by atoms with Gasteiger partial charge in [0.15, 0.2) is 26.8 Å². The van der Waals surface area contributed by atoms with E-state index in [1.54, 1.807) is 0 Å². The molecule has 0 aromatic heterocycles. The summed E-state index contributed by atoms with van der Waals surface area (Å²) in [7, 11) is -2.85. The van der Waals surface area contributed by atoms with Gasteiger partial charge in [0.1, 0.15) is 43.2 Å². The van der Waals surface area contributed by atoms with Gasteiger partial charge in [0.25, 0.3) is 5.79 Å². The van der Waals surface area contributed by atoms with Crippen LogP contribution < -0.4 is 5.32 Å². The maximum absolute atomic E-state index is 13.6. The van der Waals surface area contributed by atoms with Gasteiger partial charge in [-0.25, -0.2) is 4.79 Å². The number of hydrogen-bond acceptors (Lipinski definition) is 17. The summed E-state index contributed by atoms with van der Waals surface area (Å²) in [6, 6.07) is 7.58. The molecule has 1 amide bonds. The zero-order valence-electron chi connectivity index (χ0n) is 36.0. The molecule has 60 heavy (non-hydrogen) atoms. The SMILES string of the molecule is CC(=O)N[C@H]1[C@H]([C@H](OC(C)=O)[C@@H](COC(C)=O)OC(C)=O)O[C@@](O[C@H]2[C@@H](O)[C@@H](COCc3ccccc3)O[C@@H](O[Si](C)(C)C(C)(C)C(C)C)[C@@H]2O)(C(=O)O)C[C@@H]1OC(C)=O. The van der Waals surface area contributed by atoms with Crippen molar-refractivity contribution in [2.75, 3.05) is 13.2 Å². The van der Waals surface area contributed by atoms with E-state index in [1.165, 1.54) is 0 Å². The molecule has 0 spiro atoms. The zero-order chi connectivity index (χ0) is 45.3. The third-order valence-electron chi connectivity index (χ3n) is 11.1. The van der Waals surface area contributed by atoms with E-state index < -0.39 is 129 Å². The van der Waals surface area contributed by atoms with Crippen LogP contribution in [-0.2, 0) is 77.7 Å². The van der Waals surface area contributed by atoms with Crippen LogP contribution in [-0.4, -0.2) is 140 Å². The first kappa shape index (κ1) is 50.3. The second-order valence-corrected chi connectivity index (χ2v) is 20.9. The van der Waals surface area contributed by atoms with E-state index in [0.717, 1.165) is 40.2 Å². The van der Waals surface area contributed by atoms with Gasteiger partial charge in [-0.15, -0.1) is 0 Å². The van der Waals surface area contributed by atoms with Crippen molar-refractivity contribution >= 4 is 44.1 Å². The highest BCUT2D eigenvalue weighted by molar-refractivity contribution is 6.74. The predicted molar refractivity (Wildman–Crippen MR) is 210 cm³/mol. The Labute approximate surface area is 350 Å². The van der Waals surface area contributed by atoms with E-state index in [2.05, 4.69) is 5.32 Å². The quantitative estimate of drug-likeness (QED) is 0.0882. The molecule has 2 heterocycles. The van der Waals surface area contributed by atoms with Crippen LogP contribution >= 0.6 is 0 Å². The molecule has 0 bridgehead atoms. The number of carbonyl (C=O) groups excluding carboxylic acids is 5. The Bertz CT molecular complexity index is 1660. The molecule has 0 saturated carbocycles. The second kappa shape index (κ2) is 21.2. The van der Waals surface area contributed by atoms with Crippen LogP contribution in [0.1, 0.15) is 74.3 Å². The first-order valence-corrected chi connectivity index (χ1v) is 22.5. The minimum atomic E-state index is -2.99. The first-order chi connectivity index (χ1) is 27.8. The molecule has 11 atom stereocenters. The average Bonchev–Trinajstić information content (AvgIpc) is 3.13. The number of esters is 4. The minimum Gasteiger partial charge on any atom is -0.477 e. The zero-order valence-corrected chi connectivity index (χ0v) is 37.0. The number of carbonyl (C=O) groups is 6. The normalized spacial score (nSPS) is 28.2. The van der Waals surface area contributed by atoms with Gasteiger partial charge in [0.2, 0.25) is 5.91 Å². The number of aliphatic carboxylic acids is 1. The highest BCUT2D eigenvalue weighted by atomic mass is 28.4. The van der Waals surface area contributed by atoms with E-state index in [9.17, 15) is 44.1 Å². The van der Waals surface area contributed by atoms with E-state index >= 15 is 0 Å². The molecule has 20 heteroatoms. The van der Waals surface area contributed by atoms with E-state index in [-0.39, 0.29) is 19.1 Å². The Morgan fingerprint density at radius 2 is 1.53 bits per heavy atom. The third-order valence-corrected chi connectivity index (χ3v) is 15.6. The van der Waals surface area contributed by atoms with Crippen molar-refractivity contribution in [3.8, 4) is 0 Å². The number of carboxylic acid groups (broad SMARTS) is 1. The van der Waals surface area contributed by atoms with Crippen LogP contribution in [0.25, 0.3) is 0 Å². The number of aliphatic hydroxyl groups is 2. The summed E-state index contributed by atoms with van der Waals surface area (Å²) in [5, 5.41) is 37.0. The summed E-state index contributed by atoms with van der Waals surface area (Å²) in [6.45, 7) is 16.2. The summed E-state index contributed by atoms with van der Waals surface area (Å²) in [6.07, 6.45) is -16.4. The van der Waals surface area contributed by atoms with Gasteiger partial charge < -0.3 is 63.0 Å². The molecule has 4 N–H and O–H groups in total. The van der Waals surface area contributed by atoms with E-state index in [0.29, 0.717) is 0 Å². The predicted octanol–water partition coefficient (Wildman–Crippen LogP) is 2.13. The number of nitrogens with one attached hydrogen (secondary N) is 1. The van der Waals surface area contributed by atoms with Crippen LogP contribution in [0.5, 0.6) is 0 Å². The van der Waals surface area contributed by atoms with E-state index in [1.807, 2.05) is 71.1 Å². The topological polar surface area (TPSA) is 258 Å². The molecular weight excluding hydrogens is 811 g/mol. The molecule has 0 aliphatic carbocycles. The van der Waals surface area contributed by atoms with Crippen LogP contribution in [0.4, 0.5) is 0 Å². The van der Waals surface area contributed by atoms with Gasteiger partial charge in [-0.05, 0) is 29.6 Å². The van der Waals surface area contributed by atoms with Gasteiger partial charge in [-0.1, -0.05) is 58.0 Å². The van der Waals surface area contributed by atoms with Crippen molar-refractivity contribution in [2.24, 2.45) is 5.92 Å². The number of aliphatic hydroxyl groups excluding tert-OH is 2. The summed E-state index contributed by atoms with van der Waals surface area (Å²) in [5.41, 5.74) is 0.801. The average molecular weight is 872 g/mol. The molecule has 2 aliphatic heterocycles. The monoisotopic (exact) mass is 871 g/mol. The molecule has 1 aromatic rings. The molecule has 0 unspecified atom stereocenters. The van der Waals surface area contributed by atoms with Crippen LogP contribution in [0.3, 0.4) is 0 Å². The number of rotatable bonds is 19. The Balaban J connectivity index is 2.21. The molecular formula is C40H61NO18Si. The van der Waals surface area contributed by atoms with Crippen LogP contribution in [0.2, 0.25) is 18.1 Å². The van der Waals surface area contributed by atoms with Gasteiger partial charge in [-0.3, -0.25) is 24.0 Å². The number of hydrogen-bond donors (Lipinski definition) is 4. The Morgan fingerprint density at radius 3 is 2.05 bits per heavy atom. The second-order valence-electron chi connectivity index (χ2n) is 16.4. The minimum absolute atomic E-state index is 0.0977. The molecule has 338 valence electrons. The van der Waals surface area contributed by atoms with Crippen molar-refractivity contribution in [1.29, 1.82) is 0 Å². The summed E-state index contributed by atoms with van der Waals surface area (Å²) >= 11 is 0. The first-order valence-electron chi connectivity index (χ1n) is 19.6. The molecule has 2 saturated heterocycles. The Hall–Kier alpha value is -4.02. The highest BCUT2D eigenvalue weighted by Gasteiger charge is 2.62. The molecule has 3 rings (SSSR count). The summed E-state index contributed by atoms with van der Waals surface area (Å²) < 4.78 is 52.7. The maximum Gasteiger partial charge on any atom is 0.364 e. The van der Waals surface area contributed by atoms with Gasteiger partial charge >= 0.3 is 29.8 Å². The van der Waals surface area contributed by atoms with Gasteiger partial charge in [-0.2, -0.15) is 0 Å². The number of benzene rings is 1. The van der Waals surface area contributed by atoms with Gasteiger partial charge in [0.05, 0.1) is 25.7 Å². The van der Waals surface area contributed by atoms with Crippen LogP contribution in [0.15, 0.2) is 30.3 Å². The smallest absolute Gasteiger partial charge is 0.364 e. The lowest BCUT2D eigenvalue weighted by Gasteiger charge is -2.52. The number of carboxylic acids is 1. The fourth-order valence-electron chi connectivity index (χ4n) is 6.87. The molecule has 1 aromatic carbocycles. The Kier molecular flexibility index (Phi) is 17.8. The lowest BCUT2D eigenvalue weighted by Crippen LogP contribution is -2.71. The standard InChI is InChI=1S/C40H61NO18Si/c1-21(2)39(8,9)60(10,11)59-37-33(48)36(32(47)29(56-37)19-51-18-27-15-13-12-14-16-27)58-40(38(49)50)17-28(53-24(5)44)31(41-22(3)42)35(57-40)34(55-26(7)46)30(54-25(6)45)20-52-23(4)43/h12-16,21,28-37,47-48H,17-20H2,1-11H3,(H,41,42)(H,49,50)/t28-,29+,30+,31+,32-,33+,34+,35+,36-,37-,40-/m0/s1.